The number of rotatable bonds is 7. The van der Waals surface area contributed by atoms with Crippen molar-refractivity contribution in [2.45, 2.75) is 13.5 Å². The quantitative estimate of drug-likeness (QED) is 0.473. The molecule has 10 nitrogen and oxygen atoms in total. The Balaban J connectivity index is 2.18. The second kappa shape index (κ2) is 6.57. The van der Waals surface area contributed by atoms with Crippen LogP contribution >= 0.6 is 7.60 Å². The Labute approximate surface area is 127 Å². The summed E-state index contributed by atoms with van der Waals surface area (Å²) in [6.45, 7) is 3.20. The summed E-state index contributed by atoms with van der Waals surface area (Å²) in [4.78, 5) is 32.0. The second-order valence-electron chi connectivity index (χ2n) is 4.73. The van der Waals surface area contributed by atoms with Crippen LogP contribution in [0.5, 0.6) is 0 Å². The maximum Gasteiger partial charge on any atom is 0.350 e. The molecule has 0 fully saturated rings. The lowest BCUT2D eigenvalue weighted by atomic mass is 10.4. The molecule has 4 N–H and O–H groups in total. The minimum absolute atomic E-state index is 0.124. The molecule has 0 saturated carbocycles. The predicted molar refractivity (Wildman–Crippen MR) is 81.5 cm³/mol. The molecule has 0 aromatic carbocycles. The molecule has 0 spiro atoms. The molecule has 11 heteroatoms. The van der Waals surface area contributed by atoms with E-state index in [-0.39, 0.29) is 12.6 Å². The number of hydrogen-bond donors (Lipinski definition) is 3. The Hall–Kier alpha value is -1.74. The Kier molecular flexibility index (Phi) is 4.97. The van der Waals surface area contributed by atoms with Gasteiger partial charge in [-0.05, 0) is 6.92 Å². The molecule has 2 rings (SSSR count). The molecule has 0 radical (unpaired) electrons. The fourth-order valence-corrected chi connectivity index (χ4v) is 2.24. The van der Waals surface area contributed by atoms with Crippen molar-refractivity contribution in [3.63, 3.8) is 0 Å². The Morgan fingerprint density at radius 3 is 2.82 bits per heavy atom. The summed E-state index contributed by atoms with van der Waals surface area (Å²) in [7, 11) is -2.27. The summed E-state index contributed by atoms with van der Waals surface area (Å²) in [5, 5.41) is 0. The van der Waals surface area contributed by atoms with Gasteiger partial charge in [0.05, 0.1) is 12.9 Å². The second-order valence-corrected chi connectivity index (χ2v) is 6.32. The number of fused-ring (bicyclic) bond motifs is 1. The van der Waals surface area contributed by atoms with E-state index >= 15 is 0 Å². The van der Waals surface area contributed by atoms with E-state index in [0.717, 1.165) is 6.54 Å². The van der Waals surface area contributed by atoms with Crippen LogP contribution in [-0.2, 0) is 15.8 Å². The molecule has 122 valence electrons. The molecule has 0 atom stereocenters. The first kappa shape index (κ1) is 16.6. The van der Waals surface area contributed by atoms with E-state index in [9.17, 15) is 4.57 Å². The standard InChI is InChI=1S/C11H19N6O4P/c1-3-16(2)9-8-10(15-11(12)14-9)17(6-13-8)4-5-21-7-22(18,19)20/h6H,3-5,7H2,1-2H3,(H2,12,14,15)(H2,18,19,20). The summed E-state index contributed by atoms with van der Waals surface area (Å²) < 4.78 is 17.4. The lowest BCUT2D eigenvalue weighted by molar-refractivity contribution is 0.149. The third-order valence-electron chi connectivity index (χ3n) is 3.03. The van der Waals surface area contributed by atoms with Crippen molar-refractivity contribution in [2.75, 3.05) is 37.2 Å². The number of nitrogen functional groups attached to an aromatic ring is 1. The zero-order valence-electron chi connectivity index (χ0n) is 12.4. The van der Waals surface area contributed by atoms with Crippen LogP contribution in [-0.4, -0.2) is 55.9 Å². The highest BCUT2D eigenvalue weighted by molar-refractivity contribution is 7.51. The summed E-state index contributed by atoms with van der Waals surface area (Å²) in [6, 6.07) is 0. The van der Waals surface area contributed by atoms with Crippen molar-refractivity contribution < 1.29 is 19.1 Å². The number of aromatic nitrogens is 4. The Morgan fingerprint density at radius 1 is 1.45 bits per heavy atom. The van der Waals surface area contributed by atoms with Gasteiger partial charge in [-0.2, -0.15) is 9.97 Å². The van der Waals surface area contributed by atoms with Crippen LogP contribution in [0.3, 0.4) is 0 Å². The third kappa shape index (κ3) is 3.92. The van der Waals surface area contributed by atoms with Gasteiger partial charge in [-0.1, -0.05) is 0 Å². The van der Waals surface area contributed by atoms with E-state index in [4.69, 9.17) is 20.3 Å². The van der Waals surface area contributed by atoms with E-state index in [1.54, 1.807) is 10.9 Å². The van der Waals surface area contributed by atoms with Gasteiger partial charge in [-0.15, -0.1) is 0 Å². The van der Waals surface area contributed by atoms with Gasteiger partial charge in [0.2, 0.25) is 5.95 Å². The molecule has 0 unspecified atom stereocenters. The van der Waals surface area contributed by atoms with Crippen LogP contribution in [0.2, 0.25) is 0 Å². The van der Waals surface area contributed by atoms with Crippen molar-refractivity contribution in [1.29, 1.82) is 0 Å². The molecule has 0 saturated heterocycles. The monoisotopic (exact) mass is 330 g/mol. The molecule has 22 heavy (non-hydrogen) atoms. The molecule has 2 aromatic heterocycles. The number of nitrogens with two attached hydrogens (primary N) is 1. The zero-order valence-corrected chi connectivity index (χ0v) is 13.3. The topological polar surface area (TPSA) is 140 Å². The SMILES string of the molecule is CCN(C)c1nc(N)nc2c1ncn2CCOCP(=O)(O)O. The van der Waals surface area contributed by atoms with Crippen LogP contribution in [0.25, 0.3) is 11.2 Å². The van der Waals surface area contributed by atoms with Gasteiger partial charge in [0.15, 0.2) is 17.0 Å². The summed E-state index contributed by atoms with van der Waals surface area (Å²) in [5.74, 6) is 0.778. The summed E-state index contributed by atoms with van der Waals surface area (Å²) >= 11 is 0. The zero-order chi connectivity index (χ0) is 16.3. The molecule has 0 amide bonds. The van der Waals surface area contributed by atoms with E-state index in [0.29, 0.717) is 23.5 Å². The average Bonchev–Trinajstić information content (AvgIpc) is 2.84. The van der Waals surface area contributed by atoms with E-state index in [1.807, 2.05) is 18.9 Å². The Bertz CT molecular complexity index is 699. The summed E-state index contributed by atoms with van der Waals surface area (Å²) in [5.41, 5.74) is 6.91. The normalized spacial score (nSPS) is 12.0. The first-order valence-electron chi connectivity index (χ1n) is 6.63. The van der Waals surface area contributed by atoms with E-state index in [1.165, 1.54) is 0 Å². The van der Waals surface area contributed by atoms with Gasteiger partial charge in [0.1, 0.15) is 6.35 Å². The van der Waals surface area contributed by atoms with Crippen molar-refractivity contribution in [3.8, 4) is 0 Å². The first-order chi connectivity index (χ1) is 10.3. The minimum Gasteiger partial charge on any atom is -0.368 e. The van der Waals surface area contributed by atoms with Crippen molar-refractivity contribution >= 4 is 30.5 Å². The predicted octanol–water partition coefficient (Wildman–Crippen LogP) is 0.0164. The molecular formula is C11H19N6O4P. The largest absolute Gasteiger partial charge is 0.368 e. The number of ether oxygens (including phenoxy) is 1. The van der Waals surface area contributed by atoms with E-state index < -0.39 is 13.9 Å². The van der Waals surface area contributed by atoms with E-state index in [2.05, 4.69) is 15.0 Å². The lowest BCUT2D eigenvalue weighted by Crippen LogP contribution is -2.19. The summed E-state index contributed by atoms with van der Waals surface area (Å²) in [6.07, 6.45) is 0.965. The van der Waals surface area contributed by atoms with Crippen LogP contribution in [0.4, 0.5) is 11.8 Å². The van der Waals surface area contributed by atoms with Gasteiger partial charge in [0, 0.05) is 20.1 Å². The van der Waals surface area contributed by atoms with Crippen LogP contribution in [0, 0.1) is 0 Å². The highest BCUT2D eigenvalue weighted by atomic mass is 31.2. The number of nitrogens with zero attached hydrogens (tertiary/aromatic N) is 5. The molecule has 2 aromatic rings. The first-order valence-corrected chi connectivity index (χ1v) is 8.43. The molecule has 0 aliphatic carbocycles. The van der Waals surface area contributed by atoms with Gasteiger partial charge < -0.3 is 29.7 Å². The van der Waals surface area contributed by atoms with Crippen molar-refractivity contribution in [3.05, 3.63) is 6.33 Å². The highest BCUT2D eigenvalue weighted by Crippen LogP contribution is 2.33. The van der Waals surface area contributed by atoms with Gasteiger partial charge >= 0.3 is 7.60 Å². The number of imidazole rings is 1. The number of hydrogen-bond acceptors (Lipinski definition) is 7. The lowest BCUT2D eigenvalue weighted by Gasteiger charge is -2.16. The Morgan fingerprint density at radius 2 is 2.18 bits per heavy atom. The average molecular weight is 330 g/mol. The third-order valence-corrected chi connectivity index (χ3v) is 3.55. The van der Waals surface area contributed by atoms with Gasteiger partial charge in [0.25, 0.3) is 0 Å². The molecule has 2 heterocycles. The minimum atomic E-state index is -4.15. The van der Waals surface area contributed by atoms with Gasteiger partial charge in [-0.25, -0.2) is 4.98 Å². The van der Waals surface area contributed by atoms with Crippen LogP contribution in [0.1, 0.15) is 6.92 Å². The maximum atomic E-state index is 10.7. The molecule has 0 aliphatic rings. The van der Waals surface area contributed by atoms with Crippen molar-refractivity contribution in [2.24, 2.45) is 0 Å². The van der Waals surface area contributed by atoms with Crippen LogP contribution in [0.15, 0.2) is 6.33 Å². The van der Waals surface area contributed by atoms with Crippen LogP contribution < -0.4 is 10.6 Å². The fourth-order valence-electron chi connectivity index (χ4n) is 1.87. The fraction of sp³-hybridized carbons (Fsp3) is 0.545. The van der Waals surface area contributed by atoms with Crippen molar-refractivity contribution in [1.82, 2.24) is 19.5 Å². The molecule has 0 aliphatic heterocycles. The number of anilines is 2. The smallest absolute Gasteiger partial charge is 0.350 e. The van der Waals surface area contributed by atoms with Gasteiger partial charge in [-0.3, -0.25) is 4.57 Å². The maximum absolute atomic E-state index is 10.7. The molecular weight excluding hydrogens is 311 g/mol. The highest BCUT2D eigenvalue weighted by Gasteiger charge is 2.15. The molecule has 0 bridgehead atoms.